The first-order valence-corrected chi connectivity index (χ1v) is 9.40. The quantitative estimate of drug-likeness (QED) is 0.556. The number of rotatable bonds is 8. The number of nitrogens with one attached hydrogen (secondary N) is 2. The molecule has 0 radical (unpaired) electrons. The summed E-state index contributed by atoms with van der Waals surface area (Å²) >= 11 is 0. The number of fused-ring (bicyclic) bond motifs is 1. The Bertz CT molecular complexity index is 1030. The van der Waals surface area contributed by atoms with Crippen LogP contribution in [0.1, 0.15) is 26.3 Å². The lowest BCUT2D eigenvalue weighted by molar-refractivity contribution is 0.0944. The van der Waals surface area contributed by atoms with E-state index in [1.165, 1.54) is 6.26 Å². The Balaban J connectivity index is 1.28. The zero-order valence-electron chi connectivity index (χ0n) is 16.1. The first-order chi connectivity index (χ1) is 14.7. The van der Waals surface area contributed by atoms with Crippen LogP contribution in [0, 0.1) is 0 Å². The second kappa shape index (κ2) is 9.04. The second-order valence-electron chi connectivity index (χ2n) is 6.49. The highest BCUT2D eigenvalue weighted by atomic mass is 16.7. The Morgan fingerprint density at radius 3 is 2.50 bits per heavy atom. The summed E-state index contributed by atoms with van der Waals surface area (Å²) in [5.74, 6) is 1.19. The molecule has 0 saturated carbocycles. The number of carbonyl (C=O) groups is 2. The van der Waals surface area contributed by atoms with Crippen LogP contribution in [-0.4, -0.2) is 31.8 Å². The van der Waals surface area contributed by atoms with Crippen LogP contribution in [0.4, 0.5) is 0 Å². The summed E-state index contributed by atoms with van der Waals surface area (Å²) in [5, 5.41) is 5.59. The smallest absolute Gasteiger partial charge is 0.284 e. The van der Waals surface area contributed by atoms with Crippen LogP contribution in [0.25, 0.3) is 0 Å². The van der Waals surface area contributed by atoms with E-state index in [1.54, 1.807) is 36.4 Å². The van der Waals surface area contributed by atoms with Crippen LogP contribution in [-0.2, 0) is 6.54 Å². The number of benzene rings is 2. The molecule has 2 heterocycles. The van der Waals surface area contributed by atoms with E-state index in [0.29, 0.717) is 41.7 Å². The predicted octanol–water partition coefficient (Wildman–Crippen LogP) is 2.75. The zero-order valence-corrected chi connectivity index (χ0v) is 16.1. The van der Waals surface area contributed by atoms with Gasteiger partial charge in [-0.2, -0.15) is 0 Å². The number of carbonyl (C=O) groups excluding carboxylic acids is 2. The molecule has 8 heteroatoms. The first kappa shape index (κ1) is 19.4. The highest BCUT2D eigenvalue weighted by Crippen LogP contribution is 2.32. The molecule has 2 aromatic carbocycles. The maximum Gasteiger partial charge on any atom is 0.284 e. The Kier molecular flexibility index (Phi) is 5.84. The predicted molar refractivity (Wildman–Crippen MR) is 107 cm³/mol. The molecule has 0 unspecified atom stereocenters. The van der Waals surface area contributed by atoms with Crippen molar-refractivity contribution in [2.45, 2.75) is 6.54 Å². The van der Waals surface area contributed by atoms with E-state index in [-0.39, 0.29) is 25.2 Å². The number of amides is 2. The third kappa shape index (κ3) is 4.72. The fourth-order valence-electron chi connectivity index (χ4n) is 2.90. The van der Waals surface area contributed by atoms with Crippen LogP contribution < -0.4 is 24.8 Å². The molecular weight excluding hydrogens is 388 g/mol. The minimum Gasteiger partial charge on any atom is -0.463 e. The summed E-state index contributed by atoms with van der Waals surface area (Å²) in [4.78, 5) is 24.8. The van der Waals surface area contributed by atoms with Gasteiger partial charge >= 0.3 is 0 Å². The van der Waals surface area contributed by atoms with Gasteiger partial charge in [-0.15, -0.1) is 0 Å². The average molecular weight is 408 g/mol. The van der Waals surface area contributed by atoms with Gasteiger partial charge in [-0.1, -0.05) is 12.1 Å². The van der Waals surface area contributed by atoms with Crippen molar-refractivity contribution < 1.29 is 28.2 Å². The number of hydrogen-bond acceptors (Lipinski definition) is 6. The molecule has 0 aliphatic carbocycles. The Labute approximate surface area is 172 Å². The van der Waals surface area contributed by atoms with E-state index < -0.39 is 0 Å². The zero-order chi connectivity index (χ0) is 20.8. The summed E-state index contributed by atoms with van der Waals surface area (Å²) in [5.41, 5.74) is 1.68. The summed E-state index contributed by atoms with van der Waals surface area (Å²) in [7, 11) is 0. The van der Waals surface area contributed by atoms with Gasteiger partial charge in [0.05, 0.1) is 12.8 Å². The molecular formula is C22H20N2O6. The molecule has 30 heavy (non-hydrogen) atoms. The van der Waals surface area contributed by atoms with Gasteiger partial charge in [-0.3, -0.25) is 9.59 Å². The van der Waals surface area contributed by atoms with E-state index in [1.807, 2.05) is 18.2 Å². The molecule has 4 rings (SSSR count). The van der Waals surface area contributed by atoms with Crippen LogP contribution in [0.3, 0.4) is 0 Å². The fourth-order valence-corrected chi connectivity index (χ4v) is 2.90. The van der Waals surface area contributed by atoms with E-state index in [9.17, 15) is 9.59 Å². The molecule has 2 N–H and O–H groups in total. The minimum absolute atomic E-state index is 0.203. The summed E-state index contributed by atoms with van der Waals surface area (Å²) in [6.07, 6.45) is 1.51. The van der Waals surface area contributed by atoms with Crippen molar-refractivity contribution in [3.63, 3.8) is 0 Å². The van der Waals surface area contributed by atoms with Crippen molar-refractivity contribution in [3.8, 4) is 17.4 Å². The van der Waals surface area contributed by atoms with Crippen LogP contribution in [0.2, 0.25) is 0 Å². The lowest BCUT2D eigenvalue weighted by atomic mass is 10.1. The van der Waals surface area contributed by atoms with Gasteiger partial charge in [0.15, 0.2) is 11.5 Å². The van der Waals surface area contributed by atoms with Crippen LogP contribution in [0.5, 0.6) is 17.4 Å². The molecule has 3 aromatic rings. The Morgan fingerprint density at radius 2 is 1.70 bits per heavy atom. The largest absolute Gasteiger partial charge is 0.463 e. The highest BCUT2D eigenvalue weighted by molar-refractivity contribution is 5.99. The average Bonchev–Trinajstić information content (AvgIpc) is 3.46. The molecule has 0 bridgehead atoms. The molecule has 0 atom stereocenters. The molecule has 0 fully saturated rings. The normalized spacial score (nSPS) is 11.7. The van der Waals surface area contributed by atoms with Crippen LogP contribution in [0.15, 0.2) is 65.3 Å². The highest BCUT2D eigenvalue weighted by Gasteiger charge is 2.14. The van der Waals surface area contributed by atoms with Crippen molar-refractivity contribution in [2.75, 3.05) is 19.9 Å². The number of furan rings is 1. The molecule has 154 valence electrons. The van der Waals surface area contributed by atoms with Gasteiger partial charge < -0.3 is 29.3 Å². The lowest BCUT2D eigenvalue weighted by Crippen LogP contribution is -2.28. The van der Waals surface area contributed by atoms with Crippen LogP contribution >= 0.6 is 0 Å². The first-order valence-electron chi connectivity index (χ1n) is 9.40. The number of hydrogen-bond donors (Lipinski definition) is 2. The van der Waals surface area contributed by atoms with Crippen molar-refractivity contribution >= 4 is 11.8 Å². The molecule has 0 spiro atoms. The lowest BCUT2D eigenvalue weighted by Gasteiger charge is -2.09. The summed E-state index contributed by atoms with van der Waals surface area (Å²) in [6.45, 7) is 1.11. The maximum atomic E-state index is 12.5. The number of ether oxygens (including phenoxy) is 3. The second-order valence-corrected chi connectivity index (χ2v) is 6.49. The topological polar surface area (TPSA) is 99.0 Å². The third-order valence-corrected chi connectivity index (χ3v) is 4.40. The van der Waals surface area contributed by atoms with E-state index in [4.69, 9.17) is 18.6 Å². The van der Waals surface area contributed by atoms with Gasteiger partial charge in [0, 0.05) is 23.7 Å². The standard InChI is InChI=1S/C22H20N2O6/c25-21(23-8-10-28-20-5-2-9-27-20)16-3-1-4-17(12-16)22(26)24-13-15-6-7-18-19(11-15)30-14-29-18/h1-7,9,11-12H,8,10,13-14H2,(H,23,25)(H,24,26). The minimum atomic E-state index is -0.288. The molecule has 2 amide bonds. The SMILES string of the molecule is O=C(NCCOc1ccco1)c1cccc(C(=O)NCc2ccc3c(c2)OCO3)c1. The molecule has 1 aromatic heterocycles. The van der Waals surface area contributed by atoms with E-state index >= 15 is 0 Å². The third-order valence-electron chi connectivity index (χ3n) is 4.40. The summed E-state index contributed by atoms with van der Waals surface area (Å²) in [6, 6.07) is 15.4. The van der Waals surface area contributed by atoms with E-state index in [0.717, 1.165) is 5.56 Å². The van der Waals surface area contributed by atoms with Gasteiger partial charge in [0.1, 0.15) is 6.61 Å². The van der Waals surface area contributed by atoms with Gasteiger partial charge in [-0.05, 0) is 42.0 Å². The summed E-state index contributed by atoms with van der Waals surface area (Å²) < 4.78 is 21.0. The van der Waals surface area contributed by atoms with Gasteiger partial charge in [0.25, 0.3) is 17.8 Å². The van der Waals surface area contributed by atoms with Crippen molar-refractivity contribution in [1.82, 2.24) is 10.6 Å². The molecule has 8 nitrogen and oxygen atoms in total. The molecule has 1 aliphatic rings. The Hall–Kier alpha value is -3.94. The van der Waals surface area contributed by atoms with Gasteiger partial charge in [0.2, 0.25) is 6.79 Å². The molecule has 1 aliphatic heterocycles. The Morgan fingerprint density at radius 1 is 0.900 bits per heavy atom. The maximum absolute atomic E-state index is 12.5. The monoisotopic (exact) mass is 408 g/mol. The van der Waals surface area contributed by atoms with E-state index in [2.05, 4.69) is 10.6 Å². The van der Waals surface area contributed by atoms with Crippen molar-refractivity contribution in [3.05, 3.63) is 77.6 Å². The van der Waals surface area contributed by atoms with Crippen molar-refractivity contribution in [2.24, 2.45) is 0 Å². The van der Waals surface area contributed by atoms with Gasteiger partial charge in [-0.25, -0.2) is 0 Å². The molecule has 0 saturated heterocycles. The van der Waals surface area contributed by atoms with Crippen molar-refractivity contribution in [1.29, 1.82) is 0 Å². The fraction of sp³-hybridized carbons (Fsp3) is 0.182.